The van der Waals surface area contributed by atoms with Crippen molar-refractivity contribution in [3.63, 3.8) is 0 Å². The van der Waals surface area contributed by atoms with Crippen molar-refractivity contribution in [2.24, 2.45) is 9.98 Å². The first-order chi connectivity index (χ1) is 24.2. The maximum Gasteiger partial charge on any atom is 0.154 e. The molecule has 49 heavy (non-hydrogen) atoms. The smallest absolute Gasteiger partial charge is 0.154 e. The van der Waals surface area contributed by atoms with Gasteiger partial charge in [-0.25, -0.2) is 4.99 Å². The number of hydrogen-bond donors (Lipinski definition) is 0. The fourth-order valence-corrected chi connectivity index (χ4v) is 7.06. The third kappa shape index (κ3) is 5.02. The molecule has 0 amide bonds. The van der Waals surface area contributed by atoms with Crippen LogP contribution in [0, 0.1) is 0 Å². The highest BCUT2D eigenvalue weighted by Crippen LogP contribution is 2.40. The second-order valence-electron chi connectivity index (χ2n) is 12.3. The lowest BCUT2D eigenvalue weighted by atomic mass is 9.98. The van der Waals surface area contributed by atoms with Crippen molar-refractivity contribution >= 4 is 56.3 Å². The van der Waals surface area contributed by atoms with Crippen molar-refractivity contribution in [3.8, 4) is 27.9 Å². The average Bonchev–Trinajstić information content (AvgIpc) is 3.71. The molecule has 0 fully saturated rings. The van der Waals surface area contributed by atoms with Crippen LogP contribution in [0.25, 0.3) is 71.7 Å². The molecule has 2 aromatic heterocycles. The first-order valence-corrected chi connectivity index (χ1v) is 16.5. The zero-order valence-corrected chi connectivity index (χ0v) is 26.8. The van der Waals surface area contributed by atoms with Gasteiger partial charge in [0.25, 0.3) is 0 Å². The van der Waals surface area contributed by atoms with Gasteiger partial charge in [0.1, 0.15) is 11.2 Å². The van der Waals surface area contributed by atoms with Crippen LogP contribution in [0.1, 0.15) is 11.1 Å². The zero-order valence-electron chi connectivity index (χ0n) is 26.8. The first-order valence-electron chi connectivity index (χ1n) is 16.5. The van der Waals surface area contributed by atoms with E-state index in [1.165, 1.54) is 32.9 Å². The van der Waals surface area contributed by atoms with E-state index in [0.29, 0.717) is 12.4 Å². The highest BCUT2D eigenvalue weighted by atomic mass is 16.3. The van der Waals surface area contributed by atoms with Gasteiger partial charge in [0.15, 0.2) is 5.84 Å². The van der Waals surface area contributed by atoms with Gasteiger partial charge in [0.2, 0.25) is 0 Å². The number of fused-ring (bicyclic) bond motifs is 6. The monoisotopic (exact) mass is 629 g/mol. The number of benzene rings is 7. The summed E-state index contributed by atoms with van der Waals surface area (Å²) in [6.45, 7) is 4.36. The minimum atomic E-state index is 0.560. The lowest BCUT2D eigenvalue weighted by Gasteiger charge is -2.11. The Morgan fingerprint density at radius 3 is 2.12 bits per heavy atom. The number of aromatic nitrogens is 1. The third-order valence-corrected chi connectivity index (χ3v) is 9.37. The van der Waals surface area contributed by atoms with Crippen LogP contribution in [0.5, 0.6) is 0 Å². The van der Waals surface area contributed by atoms with Gasteiger partial charge in [-0.3, -0.25) is 4.99 Å². The van der Waals surface area contributed by atoms with Gasteiger partial charge >= 0.3 is 0 Å². The Hall–Kier alpha value is -6.52. The second kappa shape index (κ2) is 11.9. The van der Waals surface area contributed by atoms with Gasteiger partial charge in [-0.1, -0.05) is 115 Å². The molecule has 0 radical (unpaired) electrons. The van der Waals surface area contributed by atoms with Crippen LogP contribution >= 0.6 is 0 Å². The van der Waals surface area contributed by atoms with Crippen molar-refractivity contribution in [2.75, 3.05) is 0 Å². The van der Waals surface area contributed by atoms with Gasteiger partial charge in [-0.05, 0) is 83.1 Å². The van der Waals surface area contributed by atoms with E-state index in [9.17, 15) is 0 Å². The highest BCUT2D eigenvalue weighted by Gasteiger charge is 2.16. The molecule has 0 aliphatic rings. The maximum atomic E-state index is 6.21. The molecule has 0 N–H and O–H groups in total. The fourth-order valence-electron chi connectivity index (χ4n) is 7.06. The number of hydrogen-bond acceptors (Lipinski definition) is 2. The first kappa shape index (κ1) is 28.7. The van der Waals surface area contributed by atoms with Crippen LogP contribution in [0.3, 0.4) is 0 Å². The van der Waals surface area contributed by atoms with Gasteiger partial charge in [0, 0.05) is 32.8 Å². The van der Waals surface area contributed by atoms with Crippen LogP contribution in [0.15, 0.2) is 178 Å². The van der Waals surface area contributed by atoms with E-state index < -0.39 is 0 Å². The second-order valence-corrected chi connectivity index (χ2v) is 12.3. The predicted molar refractivity (Wildman–Crippen MR) is 205 cm³/mol. The lowest BCUT2D eigenvalue weighted by Crippen LogP contribution is -1.98. The lowest BCUT2D eigenvalue weighted by molar-refractivity contribution is 0.669. The minimum absolute atomic E-state index is 0.560. The van der Waals surface area contributed by atoms with Crippen molar-refractivity contribution in [3.05, 3.63) is 175 Å². The van der Waals surface area contributed by atoms with Crippen LogP contribution in [-0.2, 0) is 6.54 Å². The Morgan fingerprint density at radius 1 is 0.551 bits per heavy atom. The summed E-state index contributed by atoms with van der Waals surface area (Å²) in [7, 11) is 0. The van der Waals surface area contributed by atoms with E-state index in [0.717, 1.165) is 49.9 Å². The Morgan fingerprint density at radius 2 is 1.27 bits per heavy atom. The Bertz CT molecular complexity index is 2700. The fraction of sp³-hybridized carbons (Fsp3) is 0.0222. The molecule has 4 nitrogen and oxygen atoms in total. The van der Waals surface area contributed by atoms with Crippen LogP contribution in [0.4, 0.5) is 0 Å². The SMILES string of the molecule is C=NC(=NCc1ccccc1)c1cccc(-c2ccc(-n3c4ccccc4c4cc(-c5cccc6oc7ccccc7c56)ccc43)cc2)c1. The molecule has 0 saturated heterocycles. The van der Waals surface area contributed by atoms with Crippen molar-refractivity contribution in [2.45, 2.75) is 6.54 Å². The number of nitrogens with zero attached hydrogens (tertiary/aromatic N) is 3. The average molecular weight is 630 g/mol. The molecule has 7 aromatic carbocycles. The quantitative estimate of drug-likeness (QED) is 0.133. The number of amidine groups is 1. The molecular formula is C45H31N3O. The van der Waals surface area contributed by atoms with E-state index in [4.69, 9.17) is 9.41 Å². The van der Waals surface area contributed by atoms with E-state index in [1.807, 2.05) is 36.4 Å². The van der Waals surface area contributed by atoms with Gasteiger partial charge in [-0.15, -0.1) is 0 Å². The summed E-state index contributed by atoms with van der Waals surface area (Å²) in [6, 6.07) is 57.4. The molecule has 4 heteroatoms. The summed E-state index contributed by atoms with van der Waals surface area (Å²) < 4.78 is 8.57. The van der Waals surface area contributed by atoms with Crippen molar-refractivity contribution in [1.29, 1.82) is 0 Å². The minimum Gasteiger partial charge on any atom is -0.456 e. The van der Waals surface area contributed by atoms with E-state index in [1.54, 1.807) is 0 Å². The largest absolute Gasteiger partial charge is 0.456 e. The van der Waals surface area contributed by atoms with Crippen LogP contribution < -0.4 is 0 Å². The molecule has 0 aliphatic carbocycles. The van der Waals surface area contributed by atoms with E-state index in [-0.39, 0.29) is 0 Å². The molecule has 0 atom stereocenters. The van der Waals surface area contributed by atoms with Gasteiger partial charge in [0.05, 0.1) is 17.6 Å². The molecule has 0 bridgehead atoms. The predicted octanol–water partition coefficient (Wildman–Crippen LogP) is 11.7. The number of furan rings is 1. The van der Waals surface area contributed by atoms with Crippen LogP contribution in [-0.4, -0.2) is 17.1 Å². The summed E-state index contributed by atoms with van der Waals surface area (Å²) in [5.74, 6) is 0.643. The van der Waals surface area contributed by atoms with Gasteiger partial charge < -0.3 is 8.98 Å². The maximum absolute atomic E-state index is 6.21. The number of para-hydroxylation sites is 2. The Balaban J connectivity index is 1.10. The third-order valence-electron chi connectivity index (χ3n) is 9.37. The van der Waals surface area contributed by atoms with E-state index in [2.05, 4.69) is 144 Å². The number of aliphatic imine (C=N–C) groups is 2. The Kier molecular flexibility index (Phi) is 6.98. The van der Waals surface area contributed by atoms with Crippen molar-refractivity contribution in [1.82, 2.24) is 4.57 Å². The molecule has 0 saturated carbocycles. The summed E-state index contributed by atoms with van der Waals surface area (Å²) >= 11 is 0. The summed E-state index contributed by atoms with van der Waals surface area (Å²) in [5, 5.41) is 4.73. The standard InChI is InChI=1S/C45H31N3O/c1-46-45(47-29-30-11-3-2-4-12-30)34-14-9-13-32(27-34)31-21-24-35(25-22-31)48-40-18-7-5-15-37(40)39-28-33(23-26-41(39)48)36-17-10-20-43-44(36)38-16-6-8-19-42(38)49-43/h2-28H,1,29H2. The number of rotatable bonds is 6. The molecule has 9 aromatic rings. The van der Waals surface area contributed by atoms with Crippen molar-refractivity contribution < 1.29 is 4.42 Å². The molecule has 232 valence electrons. The summed E-state index contributed by atoms with van der Waals surface area (Å²) in [5.41, 5.74) is 11.9. The molecule has 0 spiro atoms. The summed E-state index contributed by atoms with van der Waals surface area (Å²) in [4.78, 5) is 9.01. The highest BCUT2D eigenvalue weighted by molar-refractivity contribution is 6.15. The molecule has 2 heterocycles. The molecule has 9 rings (SSSR count). The Labute approximate surface area is 283 Å². The van der Waals surface area contributed by atoms with Crippen LogP contribution in [0.2, 0.25) is 0 Å². The van der Waals surface area contributed by atoms with E-state index >= 15 is 0 Å². The molecule has 0 aliphatic heterocycles. The topological polar surface area (TPSA) is 42.8 Å². The summed E-state index contributed by atoms with van der Waals surface area (Å²) in [6.07, 6.45) is 0. The molecule has 0 unspecified atom stereocenters. The zero-order chi connectivity index (χ0) is 32.7. The molecular weight excluding hydrogens is 599 g/mol. The normalized spacial score (nSPS) is 12.0. The van der Waals surface area contributed by atoms with Gasteiger partial charge in [-0.2, -0.15) is 0 Å².